The predicted molar refractivity (Wildman–Crippen MR) is 93.0 cm³/mol. The first-order chi connectivity index (χ1) is 11.3. The van der Waals surface area contributed by atoms with Crippen LogP contribution in [0.15, 0.2) is 58.3 Å². The Morgan fingerprint density at radius 1 is 1.12 bits per heavy atom. The maximum atomic E-state index is 12.9. The summed E-state index contributed by atoms with van der Waals surface area (Å²) < 4.78 is 39.6. The molecular formula is C16H17FN2O3S2. The highest BCUT2D eigenvalue weighted by Gasteiger charge is 2.22. The maximum Gasteiger partial charge on any atom is 0.242 e. The maximum absolute atomic E-state index is 12.9. The minimum absolute atomic E-state index is 0.104. The number of carbonyl (C=O) groups is 1. The normalized spacial score (nSPS) is 12.6. The number of benzene rings is 2. The second kappa shape index (κ2) is 7.78. The number of halogens is 1. The van der Waals surface area contributed by atoms with Crippen molar-refractivity contribution in [1.29, 1.82) is 0 Å². The van der Waals surface area contributed by atoms with Crippen LogP contribution in [0.25, 0.3) is 0 Å². The third-order valence-electron chi connectivity index (χ3n) is 3.21. The van der Waals surface area contributed by atoms with E-state index in [1.165, 1.54) is 18.7 Å². The van der Waals surface area contributed by atoms with E-state index < -0.39 is 27.8 Å². The predicted octanol–water partition coefficient (Wildman–Crippen LogP) is 2.85. The number of anilines is 1. The monoisotopic (exact) mass is 368 g/mol. The van der Waals surface area contributed by atoms with Crippen molar-refractivity contribution in [3.63, 3.8) is 0 Å². The summed E-state index contributed by atoms with van der Waals surface area (Å²) in [4.78, 5) is 13.0. The van der Waals surface area contributed by atoms with E-state index in [-0.39, 0.29) is 4.90 Å². The number of nitrogens with one attached hydrogen (secondary N) is 2. The van der Waals surface area contributed by atoms with Gasteiger partial charge in [0.2, 0.25) is 15.9 Å². The van der Waals surface area contributed by atoms with E-state index in [0.29, 0.717) is 5.69 Å². The third kappa shape index (κ3) is 4.56. The second-order valence-corrected chi connectivity index (χ2v) is 7.55. The number of thioether (sulfide) groups is 1. The first-order valence-electron chi connectivity index (χ1n) is 7.05. The minimum Gasteiger partial charge on any atom is -0.324 e. The summed E-state index contributed by atoms with van der Waals surface area (Å²) in [5.41, 5.74) is 0.614. The van der Waals surface area contributed by atoms with E-state index >= 15 is 0 Å². The quantitative estimate of drug-likeness (QED) is 0.769. The lowest BCUT2D eigenvalue weighted by Crippen LogP contribution is -2.41. The standard InChI is InChI=1S/C16H17FN2O3S2/c1-11(16(20)18-14-5-3-4-6-15(14)23-2)19-24(21,22)13-9-7-12(17)8-10-13/h3-11,19H,1-2H3,(H,18,20)/t11-/m1/s1. The molecule has 0 bridgehead atoms. The molecule has 0 saturated heterocycles. The van der Waals surface area contributed by atoms with Gasteiger partial charge in [-0.15, -0.1) is 11.8 Å². The molecule has 0 aromatic heterocycles. The van der Waals surface area contributed by atoms with E-state index in [1.807, 2.05) is 18.4 Å². The van der Waals surface area contributed by atoms with Crippen molar-refractivity contribution < 1.29 is 17.6 Å². The average molecular weight is 368 g/mol. The Bertz CT molecular complexity index is 823. The largest absolute Gasteiger partial charge is 0.324 e. The fourth-order valence-electron chi connectivity index (χ4n) is 1.96. The molecule has 5 nitrogen and oxygen atoms in total. The highest BCUT2D eigenvalue weighted by atomic mass is 32.2. The Morgan fingerprint density at radius 2 is 1.75 bits per heavy atom. The van der Waals surface area contributed by atoms with E-state index in [1.54, 1.807) is 12.1 Å². The smallest absolute Gasteiger partial charge is 0.242 e. The Kier molecular flexibility index (Phi) is 5.98. The van der Waals surface area contributed by atoms with Gasteiger partial charge in [-0.25, -0.2) is 12.8 Å². The minimum atomic E-state index is -3.91. The number of para-hydroxylation sites is 1. The summed E-state index contributed by atoms with van der Waals surface area (Å²) >= 11 is 1.47. The average Bonchev–Trinajstić information content (AvgIpc) is 2.55. The van der Waals surface area contributed by atoms with Crippen LogP contribution < -0.4 is 10.0 Å². The Morgan fingerprint density at radius 3 is 2.38 bits per heavy atom. The van der Waals surface area contributed by atoms with Crippen molar-refractivity contribution in [2.24, 2.45) is 0 Å². The molecule has 128 valence electrons. The molecule has 0 aliphatic heterocycles. The zero-order valence-corrected chi connectivity index (χ0v) is 14.7. The van der Waals surface area contributed by atoms with Gasteiger partial charge in [-0.3, -0.25) is 4.79 Å². The van der Waals surface area contributed by atoms with Crippen molar-refractivity contribution in [2.45, 2.75) is 22.8 Å². The molecule has 2 N–H and O–H groups in total. The van der Waals surface area contributed by atoms with Crippen LogP contribution in [0.3, 0.4) is 0 Å². The van der Waals surface area contributed by atoms with Crippen molar-refractivity contribution in [3.8, 4) is 0 Å². The summed E-state index contributed by atoms with van der Waals surface area (Å²) in [7, 11) is -3.91. The first kappa shape index (κ1) is 18.4. The molecule has 2 aromatic rings. The van der Waals surface area contributed by atoms with Gasteiger partial charge in [0.25, 0.3) is 0 Å². The van der Waals surface area contributed by atoms with Crippen molar-refractivity contribution in [2.75, 3.05) is 11.6 Å². The fraction of sp³-hybridized carbons (Fsp3) is 0.188. The van der Waals surface area contributed by atoms with Gasteiger partial charge in [-0.05, 0) is 49.6 Å². The first-order valence-corrected chi connectivity index (χ1v) is 9.76. The van der Waals surface area contributed by atoms with Gasteiger partial charge < -0.3 is 5.32 Å². The lowest BCUT2D eigenvalue weighted by molar-refractivity contribution is -0.117. The number of sulfonamides is 1. The second-order valence-electron chi connectivity index (χ2n) is 4.99. The van der Waals surface area contributed by atoms with Crippen LogP contribution in [0.2, 0.25) is 0 Å². The van der Waals surface area contributed by atoms with Gasteiger partial charge in [0.05, 0.1) is 16.6 Å². The van der Waals surface area contributed by atoms with E-state index in [9.17, 15) is 17.6 Å². The number of hydrogen-bond acceptors (Lipinski definition) is 4. The molecule has 2 rings (SSSR count). The number of hydrogen-bond donors (Lipinski definition) is 2. The summed E-state index contributed by atoms with van der Waals surface area (Å²) in [6, 6.07) is 10.6. The third-order valence-corrected chi connectivity index (χ3v) is 5.57. The molecule has 1 amide bonds. The summed E-state index contributed by atoms with van der Waals surface area (Å²) in [6.07, 6.45) is 1.88. The van der Waals surface area contributed by atoms with E-state index in [4.69, 9.17) is 0 Å². The molecule has 0 saturated carbocycles. The molecule has 0 unspecified atom stereocenters. The lowest BCUT2D eigenvalue weighted by Gasteiger charge is -2.15. The number of rotatable bonds is 6. The molecule has 24 heavy (non-hydrogen) atoms. The summed E-state index contributed by atoms with van der Waals surface area (Å²) in [5.74, 6) is -1.02. The molecular weight excluding hydrogens is 351 g/mol. The Hall–Kier alpha value is -1.90. The lowest BCUT2D eigenvalue weighted by atomic mass is 10.3. The van der Waals surface area contributed by atoms with Crippen LogP contribution in [0.1, 0.15) is 6.92 Å². The van der Waals surface area contributed by atoms with Crippen molar-refractivity contribution in [3.05, 3.63) is 54.3 Å². The SMILES string of the molecule is CSc1ccccc1NC(=O)[C@@H](C)NS(=O)(=O)c1ccc(F)cc1. The number of amides is 1. The highest BCUT2D eigenvalue weighted by Crippen LogP contribution is 2.24. The zero-order valence-electron chi connectivity index (χ0n) is 13.1. The molecule has 0 spiro atoms. The molecule has 1 atom stereocenters. The van der Waals surface area contributed by atoms with Gasteiger partial charge in [0.15, 0.2) is 0 Å². The molecule has 0 fully saturated rings. The van der Waals surface area contributed by atoms with Crippen molar-refractivity contribution >= 4 is 33.4 Å². The van der Waals surface area contributed by atoms with Crippen LogP contribution >= 0.6 is 11.8 Å². The molecule has 0 aliphatic carbocycles. The molecule has 8 heteroatoms. The molecule has 0 aliphatic rings. The van der Waals surface area contributed by atoms with E-state index in [2.05, 4.69) is 10.0 Å². The van der Waals surface area contributed by atoms with Crippen LogP contribution in [-0.2, 0) is 14.8 Å². The Labute approximate surface area is 144 Å². The fourth-order valence-corrected chi connectivity index (χ4v) is 3.71. The van der Waals surface area contributed by atoms with Gasteiger partial charge in [-0.1, -0.05) is 12.1 Å². The topological polar surface area (TPSA) is 75.3 Å². The van der Waals surface area contributed by atoms with E-state index in [0.717, 1.165) is 29.2 Å². The van der Waals surface area contributed by atoms with Crippen LogP contribution in [-0.4, -0.2) is 26.6 Å². The zero-order chi connectivity index (χ0) is 17.7. The highest BCUT2D eigenvalue weighted by molar-refractivity contribution is 7.98. The summed E-state index contributed by atoms with van der Waals surface area (Å²) in [5, 5.41) is 2.70. The van der Waals surface area contributed by atoms with Gasteiger partial charge >= 0.3 is 0 Å². The van der Waals surface area contributed by atoms with Gasteiger partial charge in [0.1, 0.15) is 5.82 Å². The molecule has 0 radical (unpaired) electrons. The van der Waals surface area contributed by atoms with Gasteiger partial charge in [0, 0.05) is 4.90 Å². The van der Waals surface area contributed by atoms with Crippen molar-refractivity contribution in [1.82, 2.24) is 4.72 Å². The summed E-state index contributed by atoms with van der Waals surface area (Å²) in [6.45, 7) is 1.44. The Balaban J connectivity index is 2.09. The van der Waals surface area contributed by atoms with Crippen LogP contribution in [0.4, 0.5) is 10.1 Å². The van der Waals surface area contributed by atoms with Crippen LogP contribution in [0.5, 0.6) is 0 Å². The number of carbonyl (C=O) groups excluding carboxylic acids is 1. The molecule has 2 aromatic carbocycles. The van der Waals surface area contributed by atoms with Crippen LogP contribution in [0, 0.1) is 5.82 Å². The molecule has 0 heterocycles. The van der Waals surface area contributed by atoms with Gasteiger partial charge in [-0.2, -0.15) is 4.72 Å².